The summed E-state index contributed by atoms with van der Waals surface area (Å²) in [6.45, 7) is 5.06. The van der Waals surface area contributed by atoms with Gasteiger partial charge in [-0.2, -0.15) is 4.31 Å². The smallest absolute Gasteiger partial charge is 0.247 e. The second-order valence-electron chi connectivity index (χ2n) is 8.58. The first kappa shape index (κ1) is 26.1. The number of fused-ring (bicyclic) bond motifs is 1. The molecule has 1 aromatic carbocycles. The molecule has 34 heavy (non-hydrogen) atoms. The summed E-state index contributed by atoms with van der Waals surface area (Å²) in [5.41, 5.74) is 1.60. The van der Waals surface area contributed by atoms with Crippen molar-refractivity contribution in [2.45, 2.75) is 37.4 Å². The van der Waals surface area contributed by atoms with Gasteiger partial charge in [-0.05, 0) is 32.2 Å². The van der Waals surface area contributed by atoms with Crippen LogP contribution in [0, 0.1) is 17.8 Å². The number of aliphatic hydroxyl groups is 1. The van der Waals surface area contributed by atoms with Crippen molar-refractivity contribution < 1.29 is 23.0 Å². The summed E-state index contributed by atoms with van der Waals surface area (Å²) in [6, 6.07) is 4.27. The largest absolute Gasteiger partial charge is 0.487 e. The fourth-order valence-electron chi connectivity index (χ4n) is 3.83. The molecule has 0 bridgehead atoms. The normalized spacial score (nSPS) is 20.9. The second kappa shape index (κ2) is 11.7. The third-order valence-electron chi connectivity index (χ3n) is 5.67. The van der Waals surface area contributed by atoms with Gasteiger partial charge in [-0.25, -0.2) is 18.4 Å². The number of hydrogen-bond donors (Lipinski definition) is 1. The molecule has 2 aromatic rings. The molecule has 3 atom stereocenters. The highest BCUT2D eigenvalue weighted by atomic mass is 32.2. The lowest BCUT2D eigenvalue weighted by Crippen LogP contribution is -2.49. The highest BCUT2D eigenvalue weighted by molar-refractivity contribution is 7.89. The number of sulfonamides is 1. The number of aromatic nitrogens is 2. The van der Waals surface area contributed by atoms with E-state index in [1.165, 1.54) is 16.7 Å². The van der Waals surface area contributed by atoms with Gasteiger partial charge in [-0.1, -0.05) is 18.8 Å². The quantitative estimate of drug-likeness (QED) is 0.583. The maximum absolute atomic E-state index is 13.5. The number of likely N-dealkylation sites (N-methyl/N-ethyl adjacent to an activating group) is 1. The van der Waals surface area contributed by atoms with Crippen LogP contribution >= 0.6 is 0 Å². The lowest BCUT2D eigenvalue weighted by atomic mass is 10.0. The summed E-state index contributed by atoms with van der Waals surface area (Å²) in [6.07, 6.45) is 4.72. The van der Waals surface area contributed by atoms with Crippen molar-refractivity contribution in [2.24, 2.45) is 5.92 Å². The number of aliphatic hydroxyl groups excluding tert-OH is 1. The fourth-order valence-corrected chi connectivity index (χ4v) is 5.65. The van der Waals surface area contributed by atoms with Crippen LogP contribution in [0.5, 0.6) is 5.75 Å². The highest BCUT2D eigenvalue weighted by Gasteiger charge is 2.38. The molecule has 3 rings (SSSR count). The van der Waals surface area contributed by atoms with E-state index in [1.54, 1.807) is 38.6 Å². The molecular weight excluding hydrogens is 456 g/mol. The lowest BCUT2D eigenvalue weighted by molar-refractivity contribution is 0.0733. The second-order valence-corrected chi connectivity index (χ2v) is 10.4. The summed E-state index contributed by atoms with van der Waals surface area (Å²) in [4.78, 5) is 10.3. The molecule has 1 aromatic heterocycles. The Hall–Kier alpha value is -2.55. The zero-order chi connectivity index (χ0) is 24.7. The van der Waals surface area contributed by atoms with Crippen LogP contribution in [0.15, 0.2) is 41.8 Å². The standard InChI is InChI=1S/C24H32N4O5S/c1-18-13-28(19(2)16-29)34(30,31)24-8-7-20(6-5-9-32-4)10-22(24)33-23(18)15-27(3)14-21-11-25-17-26-12-21/h7-8,10-12,17-19,23,29H,9,13-16H2,1-4H3/t18-,19+,23-/m1/s1. The molecule has 0 aliphatic carbocycles. The average molecular weight is 489 g/mol. The topological polar surface area (TPSA) is 105 Å². The SMILES string of the molecule is COCC#Cc1ccc2c(c1)O[C@H](CN(C)Cc1cncnc1)[C@H](C)CN([C@@H](C)CO)S2(=O)=O. The van der Waals surface area contributed by atoms with Gasteiger partial charge >= 0.3 is 0 Å². The van der Waals surface area contributed by atoms with Gasteiger partial charge in [-0.3, -0.25) is 4.90 Å². The van der Waals surface area contributed by atoms with Crippen molar-refractivity contribution in [3.05, 3.63) is 48.0 Å². The maximum atomic E-state index is 13.5. The van der Waals surface area contributed by atoms with Gasteiger partial charge < -0.3 is 14.6 Å². The van der Waals surface area contributed by atoms with Crippen LogP contribution in [-0.2, 0) is 21.3 Å². The maximum Gasteiger partial charge on any atom is 0.247 e. The Bertz CT molecular complexity index is 1120. The first-order valence-electron chi connectivity index (χ1n) is 11.1. The zero-order valence-electron chi connectivity index (χ0n) is 20.0. The Morgan fingerprint density at radius 2 is 2.09 bits per heavy atom. The van der Waals surface area contributed by atoms with Gasteiger partial charge in [0.2, 0.25) is 10.0 Å². The van der Waals surface area contributed by atoms with Crippen LogP contribution in [0.4, 0.5) is 0 Å². The van der Waals surface area contributed by atoms with Crippen molar-refractivity contribution in [1.29, 1.82) is 0 Å². The molecule has 0 radical (unpaired) electrons. The number of nitrogens with zero attached hydrogens (tertiary/aromatic N) is 4. The van der Waals surface area contributed by atoms with E-state index in [1.807, 2.05) is 14.0 Å². The van der Waals surface area contributed by atoms with Crippen LogP contribution in [0.2, 0.25) is 0 Å². The summed E-state index contributed by atoms with van der Waals surface area (Å²) in [5, 5.41) is 9.77. The van der Waals surface area contributed by atoms with Crippen LogP contribution in [0.25, 0.3) is 0 Å². The molecule has 0 saturated heterocycles. The van der Waals surface area contributed by atoms with E-state index in [9.17, 15) is 13.5 Å². The van der Waals surface area contributed by atoms with Gasteiger partial charge in [0.05, 0.1) is 6.61 Å². The average Bonchev–Trinajstić information content (AvgIpc) is 2.81. The monoisotopic (exact) mass is 488 g/mol. The Kier molecular flexibility index (Phi) is 8.99. The molecule has 9 nitrogen and oxygen atoms in total. The van der Waals surface area contributed by atoms with Crippen molar-refractivity contribution in [3.63, 3.8) is 0 Å². The molecule has 184 valence electrons. The first-order chi connectivity index (χ1) is 16.3. The Balaban J connectivity index is 1.97. The molecule has 1 aliphatic rings. The van der Waals surface area contributed by atoms with Gasteiger partial charge in [0.25, 0.3) is 0 Å². The minimum absolute atomic E-state index is 0.0705. The fraction of sp³-hybridized carbons (Fsp3) is 0.500. The molecule has 0 unspecified atom stereocenters. The third-order valence-corrected chi connectivity index (χ3v) is 7.69. The van der Waals surface area contributed by atoms with Crippen LogP contribution in [-0.4, -0.2) is 85.3 Å². The third kappa shape index (κ3) is 6.31. The predicted octanol–water partition coefficient (Wildman–Crippen LogP) is 1.38. The number of hydrogen-bond acceptors (Lipinski definition) is 8. The Labute approximate surface area is 201 Å². The summed E-state index contributed by atoms with van der Waals surface area (Å²) < 4.78 is 39.7. The Morgan fingerprint density at radius 1 is 1.35 bits per heavy atom. The summed E-state index contributed by atoms with van der Waals surface area (Å²) >= 11 is 0. The van der Waals surface area contributed by atoms with E-state index in [0.717, 1.165) is 5.56 Å². The number of methoxy groups -OCH3 is 1. The van der Waals surface area contributed by atoms with Crippen molar-refractivity contribution in [1.82, 2.24) is 19.2 Å². The van der Waals surface area contributed by atoms with E-state index >= 15 is 0 Å². The molecule has 10 heteroatoms. The van der Waals surface area contributed by atoms with E-state index in [-0.39, 0.29) is 42.4 Å². The molecule has 2 heterocycles. The molecule has 0 saturated carbocycles. The van der Waals surface area contributed by atoms with E-state index in [2.05, 4.69) is 26.7 Å². The molecule has 0 amide bonds. The van der Waals surface area contributed by atoms with Crippen LogP contribution in [0.1, 0.15) is 25.0 Å². The van der Waals surface area contributed by atoms with Crippen LogP contribution < -0.4 is 4.74 Å². The van der Waals surface area contributed by atoms with Gasteiger partial charge in [-0.15, -0.1) is 0 Å². The molecule has 1 N–H and O–H groups in total. The van der Waals surface area contributed by atoms with E-state index in [4.69, 9.17) is 9.47 Å². The first-order valence-corrected chi connectivity index (χ1v) is 12.5. The van der Waals surface area contributed by atoms with Gasteiger partial charge in [0.15, 0.2) is 0 Å². The summed E-state index contributed by atoms with van der Waals surface area (Å²) in [7, 11) is -0.350. The van der Waals surface area contributed by atoms with Crippen molar-refractivity contribution >= 4 is 10.0 Å². The highest BCUT2D eigenvalue weighted by Crippen LogP contribution is 2.34. The van der Waals surface area contributed by atoms with Gasteiger partial charge in [0.1, 0.15) is 29.7 Å². The molecular formula is C24H32N4O5S. The zero-order valence-corrected chi connectivity index (χ0v) is 20.8. The van der Waals surface area contributed by atoms with E-state index in [0.29, 0.717) is 18.7 Å². The molecule has 1 aliphatic heterocycles. The lowest BCUT2D eigenvalue weighted by Gasteiger charge is -2.37. The summed E-state index contributed by atoms with van der Waals surface area (Å²) in [5.74, 6) is 5.97. The van der Waals surface area contributed by atoms with Crippen molar-refractivity contribution in [2.75, 3.05) is 40.5 Å². The van der Waals surface area contributed by atoms with Crippen molar-refractivity contribution in [3.8, 4) is 17.6 Å². The number of ether oxygens (including phenoxy) is 2. The minimum Gasteiger partial charge on any atom is -0.487 e. The Morgan fingerprint density at radius 3 is 2.76 bits per heavy atom. The minimum atomic E-state index is -3.88. The molecule has 0 fully saturated rings. The van der Waals surface area contributed by atoms with Crippen LogP contribution in [0.3, 0.4) is 0 Å². The number of rotatable bonds is 7. The van der Waals surface area contributed by atoms with Gasteiger partial charge in [0, 0.05) is 62.2 Å². The number of benzene rings is 1. The molecule has 0 spiro atoms. The van der Waals surface area contributed by atoms with E-state index < -0.39 is 16.1 Å². The predicted molar refractivity (Wildman–Crippen MR) is 128 cm³/mol.